The summed E-state index contributed by atoms with van der Waals surface area (Å²) in [6, 6.07) is 6.86. The number of rotatable bonds is 4. The lowest BCUT2D eigenvalue weighted by atomic mass is 9.96. The fourth-order valence-electron chi connectivity index (χ4n) is 1.58. The van der Waals surface area contributed by atoms with Gasteiger partial charge < -0.3 is 0 Å². The standard InChI is InChI=1S/C13H19Br/c1-10(2)12-7-6-11(3)13(9-12)5-4-8-14/h6-7,9-10H,4-5,8H2,1-3H3. The van der Waals surface area contributed by atoms with E-state index in [0.29, 0.717) is 5.92 Å². The summed E-state index contributed by atoms with van der Waals surface area (Å²) in [7, 11) is 0. The third-order valence-electron chi connectivity index (χ3n) is 2.62. The Hall–Kier alpha value is -0.300. The fraction of sp³-hybridized carbons (Fsp3) is 0.538. The maximum absolute atomic E-state index is 3.48. The first-order valence-electron chi connectivity index (χ1n) is 5.30. The van der Waals surface area contributed by atoms with Crippen molar-refractivity contribution in [3.05, 3.63) is 34.9 Å². The summed E-state index contributed by atoms with van der Waals surface area (Å²) in [6.07, 6.45) is 2.42. The van der Waals surface area contributed by atoms with E-state index in [2.05, 4.69) is 54.9 Å². The van der Waals surface area contributed by atoms with Crippen molar-refractivity contribution >= 4 is 15.9 Å². The minimum absolute atomic E-state index is 0.637. The van der Waals surface area contributed by atoms with Gasteiger partial charge in [0.1, 0.15) is 0 Å². The topological polar surface area (TPSA) is 0 Å². The molecule has 0 radical (unpaired) electrons. The molecule has 0 bridgehead atoms. The molecular weight excluding hydrogens is 236 g/mol. The van der Waals surface area contributed by atoms with Crippen molar-refractivity contribution < 1.29 is 0 Å². The van der Waals surface area contributed by atoms with Gasteiger partial charge in [-0.05, 0) is 42.4 Å². The summed E-state index contributed by atoms with van der Waals surface area (Å²) in [6.45, 7) is 6.70. The lowest BCUT2D eigenvalue weighted by Gasteiger charge is -2.10. The zero-order chi connectivity index (χ0) is 10.6. The largest absolute Gasteiger partial charge is 0.0928 e. The zero-order valence-electron chi connectivity index (χ0n) is 9.31. The number of benzene rings is 1. The first kappa shape index (κ1) is 11.8. The highest BCUT2D eigenvalue weighted by Gasteiger charge is 2.03. The van der Waals surface area contributed by atoms with Crippen LogP contribution in [0.4, 0.5) is 0 Å². The smallest absolute Gasteiger partial charge is 0.00344 e. The van der Waals surface area contributed by atoms with Crippen molar-refractivity contribution in [3.8, 4) is 0 Å². The molecule has 0 aromatic heterocycles. The first-order chi connectivity index (χ1) is 6.65. The molecule has 0 aliphatic heterocycles. The van der Waals surface area contributed by atoms with E-state index in [9.17, 15) is 0 Å². The van der Waals surface area contributed by atoms with Crippen molar-refractivity contribution in [3.63, 3.8) is 0 Å². The van der Waals surface area contributed by atoms with Gasteiger partial charge in [0.15, 0.2) is 0 Å². The van der Waals surface area contributed by atoms with Gasteiger partial charge in [-0.3, -0.25) is 0 Å². The number of alkyl halides is 1. The molecule has 78 valence electrons. The van der Waals surface area contributed by atoms with E-state index >= 15 is 0 Å². The predicted octanol–water partition coefficient (Wildman–Crippen LogP) is 4.45. The molecule has 0 nitrogen and oxygen atoms in total. The van der Waals surface area contributed by atoms with E-state index in [0.717, 1.165) is 5.33 Å². The van der Waals surface area contributed by atoms with Gasteiger partial charge in [-0.1, -0.05) is 48.0 Å². The van der Waals surface area contributed by atoms with Crippen LogP contribution in [0.3, 0.4) is 0 Å². The fourth-order valence-corrected chi connectivity index (χ4v) is 1.86. The predicted molar refractivity (Wildman–Crippen MR) is 67.4 cm³/mol. The lowest BCUT2D eigenvalue weighted by molar-refractivity contribution is 0.853. The zero-order valence-corrected chi connectivity index (χ0v) is 10.9. The molecule has 0 fully saturated rings. The van der Waals surface area contributed by atoms with Gasteiger partial charge in [-0.2, -0.15) is 0 Å². The maximum atomic E-state index is 3.48. The van der Waals surface area contributed by atoms with E-state index in [1.54, 1.807) is 0 Å². The van der Waals surface area contributed by atoms with Gasteiger partial charge >= 0.3 is 0 Å². The SMILES string of the molecule is Cc1ccc(C(C)C)cc1CCCBr. The van der Waals surface area contributed by atoms with Crippen molar-refractivity contribution in [2.24, 2.45) is 0 Å². The molecule has 0 amide bonds. The average molecular weight is 255 g/mol. The second-order valence-corrected chi connectivity index (χ2v) is 4.93. The van der Waals surface area contributed by atoms with E-state index in [1.165, 1.54) is 29.5 Å². The highest BCUT2D eigenvalue weighted by molar-refractivity contribution is 9.09. The Bertz CT molecular complexity index is 289. The molecule has 14 heavy (non-hydrogen) atoms. The highest BCUT2D eigenvalue weighted by atomic mass is 79.9. The Morgan fingerprint density at radius 1 is 1.29 bits per heavy atom. The first-order valence-corrected chi connectivity index (χ1v) is 6.42. The molecule has 1 aromatic carbocycles. The van der Waals surface area contributed by atoms with Crippen LogP contribution in [0.15, 0.2) is 18.2 Å². The summed E-state index contributed by atoms with van der Waals surface area (Å²) in [5.41, 5.74) is 4.39. The molecule has 0 atom stereocenters. The molecule has 0 aliphatic rings. The summed E-state index contributed by atoms with van der Waals surface area (Å²) >= 11 is 3.48. The maximum Gasteiger partial charge on any atom is 0.00344 e. The molecule has 0 unspecified atom stereocenters. The molecule has 0 heterocycles. The number of aryl methyl sites for hydroxylation is 2. The molecule has 0 spiro atoms. The molecular formula is C13H19Br. The highest BCUT2D eigenvalue weighted by Crippen LogP contribution is 2.19. The Balaban J connectivity index is 2.85. The molecule has 0 N–H and O–H groups in total. The Labute approximate surface area is 95.9 Å². The van der Waals surface area contributed by atoms with Crippen LogP contribution in [0.1, 0.15) is 42.9 Å². The number of hydrogen-bond donors (Lipinski definition) is 0. The van der Waals surface area contributed by atoms with E-state index < -0.39 is 0 Å². The Kier molecular flexibility index (Phi) is 4.67. The van der Waals surface area contributed by atoms with Crippen LogP contribution in [0.5, 0.6) is 0 Å². The van der Waals surface area contributed by atoms with Gasteiger partial charge in [0.2, 0.25) is 0 Å². The molecule has 0 saturated carbocycles. The molecule has 1 heteroatoms. The molecule has 0 saturated heterocycles. The molecule has 1 rings (SSSR count). The number of halogens is 1. The van der Waals surface area contributed by atoms with Crippen LogP contribution in [0, 0.1) is 6.92 Å². The van der Waals surface area contributed by atoms with Gasteiger partial charge in [0.05, 0.1) is 0 Å². The van der Waals surface area contributed by atoms with Gasteiger partial charge in [0.25, 0.3) is 0 Å². The van der Waals surface area contributed by atoms with Crippen molar-refractivity contribution in [1.29, 1.82) is 0 Å². The van der Waals surface area contributed by atoms with Crippen molar-refractivity contribution in [2.45, 2.75) is 39.5 Å². The van der Waals surface area contributed by atoms with E-state index in [1.807, 2.05) is 0 Å². The van der Waals surface area contributed by atoms with Crippen LogP contribution in [0.2, 0.25) is 0 Å². The average Bonchev–Trinajstić information content (AvgIpc) is 2.16. The van der Waals surface area contributed by atoms with E-state index in [4.69, 9.17) is 0 Å². The van der Waals surface area contributed by atoms with Gasteiger partial charge in [0, 0.05) is 5.33 Å². The lowest BCUT2D eigenvalue weighted by Crippen LogP contribution is -1.95. The molecule has 1 aromatic rings. The normalized spacial score (nSPS) is 10.9. The molecule has 0 aliphatic carbocycles. The van der Waals surface area contributed by atoms with Crippen molar-refractivity contribution in [2.75, 3.05) is 5.33 Å². The summed E-state index contributed by atoms with van der Waals surface area (Å²) < 4.78 is 0. The van der Waals surface area contributed by atoms with Gasteiger partial charge in [-0.25, -0.2) is 0 Å². The monoisotopic (exact) mass is 254 g/mol. The van der Waals surface area contributed by atoms with Gasteiger partial charge in [-0.15, -0.1) is 0 Å². The van der Waals surface area contributed by atoms with Crippen LogP contribution >= 0.6 is 15.9 Å². The summed E-state index contributed by atoms with van der Waals surface area (Å²) in [4.78, 5) is 0. The second-order valence-electron chi connectivity index (χ2n) is 4.13. The second kappa shape index (κ2) is 5.55. The Morgan fingerprint density at radius 3 is 2.57 bits per heavy atom. The third-order valence-corrected chi connectivity index (χ3v) is 3.18. The third kappa shape index (κ3) is 3.13. The summed E-state index contributed by atoms with van der Waals surface area (Å²) in [5, 5.41) is 1.10. The van der Waals surface area contributed by atoms with E-state index in [-0.39, 0.29) is 0 Å². The van der Waals surface area contributed by atoms with Crippen molar-refractivity contribution in [1.82, 2.24) is 0 Å². The minimum atomic E-state index is 0.637. The van der Waals surface area contributed by atoms with Crippen LogP contribution < -0.4 is 0 Å². The quantitative estimate of drug-likeness (QED) is 0.697. The minimum Gasteiger partial charge on any atom is -0.0928 e. The van der Waals surface area contributed by atoms with Crippen LogP contribution in [-0.4, -0.2) is 5.33 Å². The Morgan fingerprint density at radius 2 is 2.00 bits per heavy atom. The number of hydrogen-bond acceptors (Lipinski definition) is 0. The summed E-state index contributed by atoms with van der Waals surface area (Å²) in [5.74, 6) is 0.637. The van der Waals surface area contributed by atoms with Crippen LogP contribution in [0.25, 0.3) is 0 Å². The van der Waals surface area contributed by atoms with Crippen LogP contribution in [-0.2, 0) is 6.42 Å².